The number of alkyl carbamates (subject to hydrolysis) is 1. The van der Waals surface area contributed by atoms with Gasteiger partial charge in [-0.15, -0.1) is 0 Å². The highest BCUT2D eigenvalue weighted by Gasteiger charge is 2.31. The summed E-state index contributed by atoms with van der Waals surface area (Å²) in [5.41, 5.74) is -0.527. The molecule has 132 valence electrons. The quantitative estimate of drug-likeness (QED) is 0.846. The van der Waals surface area contributed by atoms with Crippen molar-refractivity contribution < 1.29 is 23.8 Å². The van der Waals surface area contributed by atoms with Crippen LogP contribution in [-0.4, -0.2) is 61.6 Å². The maximum Gasteiger partial charge on any atom is 0.407 e. The van der Waals surface area contributed by atoms with E-state index < -0.39 is 11.7 Å². The minimum atomic E-state index is -0.527. The van der Waals surface area contributed by atoms with E-state index in [9.17, 15) is 9.59 Å². The van der Waals surface area contributed by atoms with Crippen LogP contribution in [0.1, 0.15) is 40.0 Å². The first-order valence-electron chi connectivity index (χ1n) is 8.33. The molecule has 2 rings (SSSR count). The van der Waals surface area contributed by atoms with E-state index in [1.807, 2.05) is 4.90 Å². The normalized spacial score (nSPS) is 20.6. The van der Waals surface area contributed by atoms with Crippen LogP contribution >= 0.6 is 0 Å². The molecule has 0 aromatic carbocycles. The van der Waals surface area contributed by atoms with Gasteiger partial charge in [0.1, 0.15) is 5.60 Å². The van der Waals surface area contributed by atoms with Gasteiger partial charge in [0.25, 0.3) is 0 Å². The summed E-state index contributed by atoms with van der Waals surface area (Å²) in [7, 11) is 0. The third-order valence-electron chi connectivity index (χ3n) is 3.93. The summed E-state index contributed by atoms with van der Waals surface area (Å²) in [6.45, 7) is 8.49. The lowest BCUT2D eigenvalue weighted by atomic mass is 9.96. The number of carbonyl (C=O) groups excluding carboxylic acids is 2. The van der Waals surface area contributed by atoms with Crippen LogP contribution in [0.15, 0.2) is 0 Å². The van der Waals surface area contributed by atoms with Crippen molar-refractivity contribution in [3.8, 4) is 0 Å². The van der Waals surface area contributed by atoms with E-state index in [-0.39, 0.29) is 12.2 Å². The van der Waals surface area contributed by atoms with Crippen LogP contribution < -0.4 is 5.32 Å². The summed E-state index contributed by atoms with van der Waals surface area (Å²) in [5, 5.41) is 2.61. The Kier molecular flexibility index (Phi) is 6.24. The van der Waals surface area contributed by atoms with Gasteiger partial charge in [0.15, 0.2) is 6.29 Å². The molecule has 0 aliphatic carbocycles. The molecular formula is C16H28N2O5. The van der Waals surface area contributed by atoms with Crippen LogP contribution in [0.4, 0.5) is 4.79 Å². The Labute approximate surface area is 137 Å². The first-order chi connectivity index (χ1) is 10.8. The fraction of sp³-hybridized carbons (Fsp3) is 0.875. The van der Waals surface area contributed by atoms with Crippen LogP contribution in [0.2, 0.25) is 0 Å². The zero-order valence-corrected chi connectivity index (χ0v) is 14.3. The fourth-order valence-corrected chi connectivity index (χ4v) is 2.81. The van der Waals surface area contributed by atoms with Crippen LogP contribution in [0, 0.1) is 5.92 Å². The lowest BCUT2D eigenvalue weighted by Gasteiger charge is -2.34. The van der Waals surface area contributed by atoms with Gasteiger partial charge in [-0.25, -0.2) is 4.79 Å². The lowest BCUT2D eigenvalue weighted by molar-refractivity contribution is -0.136. The second-order valence-corrected chi connectivity index (χ2v) is 7.01. The van der Waals surface area contributed by atoms with Crippen LogP contribution in [-0.2, 0) is 19.0 Å². The highest BCUT2D eigenvalue weighted by atomic mass is 16.7. The van der Waals surface area contributed by atoms with Crippen molar-refractivity contribution in [2.24, 2.45) is 5.92 Å². The minimum absolute atomic E-state index is 0.0627. The SMILES string of the molecule is CC(C)(C)OC(=O)NCCC(=O)N1CCC(C2OCCO2)CC1. The van der Waals surface area contributed by atoms with E-state index in [1.54, 1.807) is 20.8 Å². The number of hydrogen-bond acceptors (Lipinski definition) is 5. The molecule has 0 aromatic rings. The van der Waals surface area contributed by atoms with Crippen LogP contribution in [0.25, 0.3) is 0 Å². The number of nitrogens with one attached hydrogen (secondary N) is 1. The largest absolute Gasteiger partial charge is 0.444 e. The van der Waals surface area contributed by atoms with Crippen molar-refractivity contribution in [1.82, 2.24) is 10.2 Å². The Bertz CT molecular complexity index is 407. The number of piperidine rings is 1. The van der Waals surface area contributed by atoms with Gasteiger partial charge < -0.3 is 24.4 Å². The zero-order chi connectivity index (χ0) is 16.9. The minimum Gasteiger partial charge on any atom is -0.444 e. The molecule has 0 saturated carbocycles. The van der Waals surface area contributed by atoms with Gasteiger partial charge in [0, 0.05) is 32.0 Å². The standard InChI is InChI=1S/C16H28N2O5/c1-16(2,3)23-15(20)17-7-4-13(19)18-8-5-12(6-9-18)14-21-10-11-22-14/h12,14H,4-11H2,1-3H3,(H,17,20). The number of nitrogens with zero attached hydrogens (tertiary/aromatic N) is 1. The lowest BCUT2D eigenvalue weighted by Crippen LogP contribution is -2.42. The Morgan fingerprint density at radius 1 is 1.17 bits per heavy atom. The van der Waals surface area contributed by atoms with Crippen molar-refractivity contribution in [1.29, 1.82) is 0 Å². The number of rotatable bonds is 4. The van der Waals surface area contributed by atoms with Crippen molar-refractivity contribution in [3.05, 3.63) is 0 Å². The molecular weight excluding hydrogens is 300 g/mol. The average Bonchev–Trinajstić information content (AvgIpc) is 2.99. The summed E-state index contributed by atoms with van der Waals surface area (Å²) in [6, 6.07) is 0. The van der Waals surface area contributed by atoms with E-state index in [2.05, 4.69) is 5.32 Å². The molecule has 0 atom stereocenters. The first-order valence-corrected chi connectivity index (χ1v) is 8.33. The summed E-state index contributed by atoms with van der Waals surface area (Å²) < 4.78 is 16.2. The van der Waals surface area contributed by atoms with Gasteiger partial charge in [0.05, 0.1) is 13.2 Å². The monoisotopic (exact) mass is 328 g/mol. The van der Waals surface area contributed by atoms with Gasteiger partial charge in [0.2, 0.25) is 5.91 Å². The third-order valence-corrected chi connectivity index (χ3v) is 3.93. The molecule has 2 aliphatic rings. The fourth-order valence-electron chi connectivity index (χ4n) is 2.81. The molecule has 2 heterocycles. The molecule has 0 unspecified atom stereocenters. The Morgan fingerprint density at radius 3 is 2.35 bits per heavy atom. The maximum absolute atomic E-state index is 12.2. The summed E-state index contributed by atoms with van der Waals surface area (Å²) in [5.74, 6) is 0.439. The maximum atomic E-state index is 12.2. The second-order valence-electron chi connectivity index (χ2n) is 7.01. The van der Waals surface area contributed by atoms with Gasteiger partial charge in [-0.1, -0.05) is 0 Å². The van der Waals surface area contributed by atoms with Gasteiger partial charge >= 0.3 is 6.09 Å². The van der Waals surface area contributed by atoms with Crippen molar-refractivity contribution in [3.63, 3.8) is 0 Å². The molecule has 2 saturated heterocycles. The van der Waals surface area contributed by atoms with E-state index in [4.69, 9.17) is 14.2 Å². The highest BCUT2D eigenvalue weighted by molar-refractivity contribution is 5.77. The highest BCUT2D eigenvalue weighted by Crippen LogP contribution is 2.25. The number of hydrogen-bond donors (Lipinski definition) is 1. The molecule has 0 aromatic heterocycles. The Balaban J connectivity index is 1.62. The first kappa shape index (κ1) is 18.0. The molecule has 1 N–H and O–H groups in total. The van der Waals surface area contributed by atoms with E-state index in [0.717, 1.165) is 25.9 Å². The molecule has 2 aliphatic heterocycles. The molecule has 0 radical (unpaired) electrons. The summed E-state index contributed by atoms with van der Waals surface area (Å²) in [6.07, 6.45) is 1.51. The molecule has 2 fully saturated rings. The van der Waals surface area contributed by atoms with Crippen LogP contribution in [0.5, 0.6) is 0 Å². The van der Waals surface area contributed by atoms with Crippen LogP contribution in [0.3, 0.4) is 0 Å². The van der Waals surface area contributed by atoms with Gasteiger partial charge in [-0.3, -0.25) is 4.79 Å². The van der Waals surface area contributed by atoms with E-state index >= 15 is 0 Å². The topological polar surface area (TPSA) is 77.1 Å². The van der Waals surface area contributed by atoms with Gasteiger partial charge in [-0.2, -0.15) is 0 Å². The third kappa shape index (κ3) is 5.99. The number of ether oxygens (including phenoxy) is 3. The van der Waals surface area contributed by atoms with Crippen molar-refractivity contribution in [2.45, 2.75) is 51.9 Å². The predicted octanol–water partition coefficient (Wildman–Crippen LogP) is 1.51. The average molecular weight is 328 g/mol. The molecule has 23 heavy (non-hydrogen) atoms. The predicted molar refractivity (Wildman–Crippen MR) is 83.8 cm³/mol. The van der Waals surface area contributed by atoms with Crippen molar-refractivity contribution in [2.75, 3.05) is 32.8 Å². The zero-order valence-electron chi connectivity index (χ0n) is 14.3. The number of likely N-dealkylation sites (tertiary alicyclic amines) is 1. The molecule has 0 bridgehead atoms. The number of carbonyl (C=O) groups is 2. The van der Waals surface area contributed by atoms with E-state index in [0.29, 0.717) is 32.1 Å². The van der Waals surface area contributed by atoms with Gasteiger partial charge in [-0.05, 0) is 33.6 Å². The van der Waals surface area contributed by atoms with Crippen molar-refractivity contribution >= 4 is 12.0 Å². The molecule has 0 spiro atoms. The second kappa shape index (κ2) is 7.97. The Morgan fingerprint density at radius 2 is 1.78 bits per heavy atom. The number of amides is 2. The molecule has 7 nitrogen and oxygen atoms in total. The summed E-state index contributed by atoms with van der Waals surface area (Å²) in [4.78, 5) is 25.5. The molecule has 2 amide bonds. The summed E-state index contributed by atoms with van der Waals surface area (Å²) >= 11 is 0. The van der Waals surface area contributed by atoms with E-state index in [1.165, 1.54) is 0 Å². The Hall–Kier alpha value is -1.34. The smallest absolute Gasteiger partial charge is 0.407 e. The molecule has 7 heteroatoms.